The first-order valence-electron chi connectivity index (χ1n) is 13.2. The van der Waals surface area contributed by atoms with Gasteiger partial charge >= 0.3 is 17.9 Å². The Balaban J connectivity index is 0.000000883. The maximum absolute atomic E-state index is 13.2. The molecule has 0 radical (unpaired) electrons. The van der Waals surface area contributed by atoms with Crippen molar-refractivity contribution in [3.63, 3.8) is 0 Å². The van der Waals surface area contributed by atoms with E-state index >= 15 is 0 Å². The first kappa shape index (κ1) is 33.1. The Morgan fingerprint density at radius 1 is 1.20 bits per heavy atom. The van der Waals surface area contributed by atoms with Gasteiger partial charge in [0.15, 0.2) is 17.5 Å². The summed E-state index contributed by atoms with van der Waals surface area (Å²) in [5.41, 5.74) is 0.781. The molecule has 224 valence electrons. The number of benzene rings is 1. The predicted molar refractivity (Wildman–Crippen MR) is 145 cm³/mol. The molecule has 0 spiro atoms. The second kappa shape index (κ2) is 16.3. The number of carboxylic acids is 1. The zero-order chi connectivity index (χ0) is 30.5. The fraction of sp³-hybridized carbons (Fsp3) is 0.483. The van der Waals surface area contributed by atoms with Crippen LogP contribution < -0.4 is 14.8 Å². The van der Waals surface area contributed by atoms with Crippen molar-refractivity contribution in [2.24, 2.45) is 11.8 Å². The molecule has 2 heterocycles. The fourth-order valence-electron chi connectivity index (χ4n) is 3.90. The van der Waals surface area contributed by atoms with Crippen molar-refractivity contribution in [2.45, 2.75) is 59.1 Å². The number of halogens is 1. The second-order valence-corrected chi connectivity index (χ2v) is 9.85. The number of hydrogen-bond acceptors (Lipinski definition) is 9. The maximum Gasteiger partial charge on any atom is 0.331 e. The molecule has 1 aliphatic rings. The number of esters is 2. The molecular weight excluding hydrogens is 539 g/mol. The summed E-state index contributed by atoms with van der Waals surface area (Å²) in [5, 5.41) is 10.6. The topological polar surface area (TPSA) is 150 Å². The zero-order valence-corrected chi connectivity index (χ0v) is 23.8. The quantitative estimate of drug-likeness (QED) is 0.468. The number of hydrogen-bond donors (Lipinski definition) is 2. The zero-order valence-electron chi connectivity index (χ0n) is 23.8. The molecule has 1 amide bonds. The van der Waals surface area contributed by atoms with Gasteiger partial charge in [-0.15, -0.1) is 0 Å². The molecule has 1 aromatic carbocycles. The summed E-state index contributed by atoms with van der Waals surface area (Å²) in [4.78, 5) is 50.9. The van der Waals surface area contributed by atoms with Crippen LogP contribution in [-0.4, -0.2) is 66.4 Å². The summed E-state index contributed by atoms with van der Waals surface area (Å²) in [6, 6.07) is 6.69. The largest absolute Gasteiger partial charge is 0.493 e. The lowest BCUT2D eigenvalue weighted by atomic mass is 9.91. The highest BCUT2D eigenvalue weighted by atomic mass is 19.1. The van der Waals surface area contributed by atoms with Gasteiger partial charge in [-0.25, -0.2) is 14.2 Å². The molecular formula is C29H37FN2O9. The highest BCUT2D eigenvalue weighted by molar-refractivity contribution is 5.98. The number of nitrogens with zero attached hydrogens (tertiary/aromatic N) is 1. The molecule has 0 saturated carbocycles. The van der Waals surface area contributed by atoms with Gasteiger partial charge in [-0.2, -0.15) is 0 Å². The monoisotopic (exact) mass is 576 g/mol. The first-order chi connectivity index (χ1) is 19.4. The first-order valence-corrected chi connectivity index (χ1v) is 13.2. The number of cyclic esters (lactones) is 1. The van der Waals surface area contributed by atoms with Gasteiger partial charge in [0, 0.05) is 25.8 Å². The number of methoxy groups -OCH3 is 1. The van der Waals surface area contributed by atoms with Crippen LogP contribution in [0.5, 0.6) is 11.5 Å². The van der Waals surface area contributed by atoms with Crippen molar-refractivity contribution >= 4 is 23.8 Å². The Hall–Kier alpha value is -4.06. The van der Waals surface area contributed by atoms with Crippen LogP contribution in [0, 0.1) is 17.7 Å². The van der Waals surface area contributed by atoms with Crippen molar-refractivity contribution in [2.75, 3.05) is 20.3 Å². The minimum absolute atomic E-state index is 0.104. The van der Waals surface area contributed by atoms with E-state index in [4.69, 9.17) is 24.1 Å². The maximum atomic E-state index is 13.2. The summed E-state index contributed by atoms with van der Waals surface area (Å²) in [6.07, 6.45) is 2.91. The number of carbonyl (C=O) groups is 4. The summed E-state index contributed by atoms with van der Waals surface area (Å²) >= 11 is 0. The summed E-state index contributed by atoms with van der Waals surface area (Å²) < 4.78 is 34.7. The Labute approximate surface area is 238 Å². The summed E-state index contributed by atoms with van der Waals surface area (Å²) in [7, 11) is 1.36. The van der Waals surface area contributed by atoms with Gasteiger partial charge in [-0.1, -0.05) is 26.0 Å². The highest BCUT2D eigenvalue weighted by Crippen LogP contribution is 2.30. The van der Waals surface area contributed by atoms with Crippen molar-refractivity contribution in [1.82, 2.24) is 10.3 Å². The summed E-state index contributed by atoms with van der Waals surface area (Å²) in [5.74, 6) is -3.15. The summed E-state index contributed by atoms with van der Waals surface area (Å²) in [6.45, 7) is 6.52. The molecule has 12 heteroatoms. The minimum atomic E-state index is -1.09. The number of ether oxygens (including phenoxy) is 4. The minimum Gasteiger partial charge on any atom is -0.493 e. The lowest BCUT2D eigenvalue weighted by Crippen LogP contribution is -2.46. The number of rotatable bonds is 7. The number of carbonyl (C=O) groups excluding carboxylic acids is 3. The highest BCUT2D eigenvalue weighted by Gasteiger charge is 2.30. The van der Waals surface area contributed by atoms with Gasteiger partial charge < -0.3 is 29.4 Å². The van der Waals surface area contributed by atoms with Crippen LogP contribution >= 0.6 is 0 Å². The molecule has 0 aliphatic carbocycles. The van der Waals surface area contributed by atoms with E-state index in [1.54, 1.807) is 32.9 Å². The van der Waals surface area contributed by atoms with Crippen molar-refractivity contribution in [3.8, 4) is 11.5 Å². The van der Waals surface area contributed by atoms with Crippen LogP contribution in [0.3, 0.4) is 0 Å². The van der Waals surface area contributed by atoms with E-state index in [0.29, 0.717) is 25.9 Å². The molecule has 11 nitrogen and oxygen atoms in total. The Kier molecular flexibility index (Phi) is 13.1. The predicted octanol–water partition coefficient (Wildman–Crippen LogP) is 3.58. The smallest absolute Gasteiger partial charge is 0.331 e. The van der Waals surface area contributed by atoms with Gasteiger partial charge in [0.05, 0.1) is 25.7 Å². The molecule has 3 atom stereocenters. The number of aromatic nitrogens is 1. The molecule has 1 fully saturated rings. The number of amides is 1. The lowest BCUT2D eigenvalue weighted by molar-refractivity contribution is -0.154. The Morgan fingerprint density at radius 3 is 2.44 bits per heavy atom. The normalized spacial score (nSPS) is 19.2. The molecule has 0 bridgehead atoms. The van der Waals surface area contributed by atoms with Crippen LogP contribution in [0.25, 0.3) is 0 Å². The SMILES string of the molecule is CC(C)C(=O)O.COc1ccnc(C(=O)N[C@H]2COCCC(Cc3ccc(F)cc3)CC(C)OC2=O)c1OC(C)=O. The van der Waals surface area contributed by atoms with Gasteiger partial charge in [0.25, 0.3) is 5.91 Å². The van der Waals surface area contributed by atoms with Crippen LogP contribution in [0.2, 0.25) is 0 Å². The lowest BCUT2D eigenvalue weighted by Gasteiger charge is -2.26. The number of carboxylic acid groups (broad SMARTS) is 1. The van der Waals surface area contributed by atoms with Gasteiger partial charge in [0.2, 0.25) is 5.75 Å². The van der Waals surface area contributed by atoms with E-state index in [-0.39, 0.29) is 41.5 Å². The number of pyridine rings is 1. The third kappa shape index (κ3) is 11.1. The van der Waals surface area contributed by atoms with E-state index < -0.39 is 36.0 Å². The van der Waals surface area contributed by atoms with Crippen molar-refractivity contribution in [1.29, 1.82) is 0 Å². The average molecular weight is 577 g/mol. The van der Waals surface area contributed by atoms with Crippen LogP contribution in [0.1, 0.15) is 56.6 Å². The van der Waals surface area contributed by atoms with Gasteiger partial charge in [-0.3, -0.25) is 14.4 Å². The van der Waals surface area contributed by atoms with Crippen LogP contribution in [0.4, 0.5) is 4.39 Å². The molecule has 41 heavy (non-hydrogen) atoms. The molecule has 1 aromatic heterocycles. The molecule has 1 saturated heterocycles. The Morgan fingerprint density at radius 2 is 1.85 bits per heavy atom. The molecule has 2 aromatic rings. The molecule has 2 unspecified atom stereocenters. The fourth-order valence-corrected chi connectivity index (χ4v) is 3.90. The van der Waals surface area contributed by atoms with Crippen LogP contribution in [-0.2, 0) is 30.3 Å². The van der Waals surface area contributed by atoms with Crippen molar-refractivity contribution in [3.05, 3.63) is 53.6 Å². The van der Waals surface area contributed by atoms with Crippen LogP contribution in [0.15, 0.2) is 36.5 Å². The third-order valence-electron chi connectivity index (χ3n) is 6.01. The van der Waals surface area contributed by atoms with E-state index in [2.05, 4.69) is 10.3 Å². The average Bonchev–Trinajstić information content (AvgIpc) is 2.91. The number of nitrogens with one attached hydrogen (secondary N) is 1. The molecule has 3 rings (SSSR count). The third-order valence-corrected chi connectivity index (χ3v) is 6.01. The second-order valence-electron chi connectivity index (χ2n) is 9.85. The van der Waals surface area contributed by atoms with Gasteiger partial charge in [0.1, 0.15) is 5.82 Å². The van der Waals surface area contributed by atoms with Gasteiger partial charge in [-0.05, 0) is 49.8 Å². The molecule has 2 N–H and O–H groups in total. The standard InChI is InChI=1S/C25H29FN2O7.C4H8O2/c1-15-12-18(13-17-4-6-19(26)7-5-17)9-11-33-14-20(25(31)34-15)28-24(30)22-23(35-16(2)29)21(32-3)8-10-27-22;1-3(2)4(5)6/h4-8,10,15,18,20H,9,11-14H2,1-3H3,(H,28,30);3H,1-2H3,(H,5,6)/t15?,18?,20-;/m0./s1. The van der Waals surface area contributed by atoms with E-state index in [0.717, 1.165) is 5.56 Å². The number of aliphatic carboxylic acids is 1. The van der Waals surface area contributed by atoms with E-state index in [1.165, 1.54) is 38.4 Å². The molecule has 1 aliphatic heterocycles. The van der Waals surface area contributed by atoms with E-state index in [9.17, 15) is 23.6 Å². The van der Waals surface area contributed by atoms with E-state index in [1.807, 2.05) is 0 Å². The Bertz CT molecular complexity index is 1190. The van der Waals surface area contributed by atoms with Crippen molar-refractivity contribution < 1.29 is 47.6 Å².